The molecule has 88 valence electrons. The normalized spacial score (nSPS) is 12.4. The molecule has 0 aliphatic heterocycles. The van der Waals surface area contributed by atoms with E-state index in [1.807, 2.05) is 0 Å². The molecule has 0 aliphatic carbocycles. The number of rotatable bonds is 2. The number of fused-ring (bicyclic) bond motifs is 1. The molecule has 0 saturated heterocycles. The third-order valence-corrected chi connectivity index (χ3v) is 2.32. The quantitative estimate of drug-likeness (QED) is 0.578. The molecule has 2 rings (SSSR count). The van der Waals surface area contributed by atoms with Gasteiger partial charge in [-0.25, -0.2) is 18.8 Å². The van der Waals surface area contributed by atoms with E-state index in [9.17, 15) is 8.78 Å². The highest BCUT2D eigenvalue weighted by atomic mass is 19.3. The zero-order chi connectivity index (χ0) is 12.4. The number of halogens is 2. The number of aryl methyl sites for hydroxylation is 1. The number of para-hydroxylation sites is 1. The maximum Gasteiger partial charge on any atom is 0.297 e. The topological polar surface area (TPSA) is 37.9 Å². The maximum atomic E-state index is 12.5. The van der Waals surface area contributed by atoms with Crippen molar-refractivity contribution in [2.24, 2.45) is 9.98 Å². The van der Waals surface area contributed by atoms with Gasteiger partial charge in [-0.3, -0.25) is 0 Å². The summed E-state index contributed by atoms with van der Waals surface area (Å²) >= 11 is 0. The SMILES string of the molecule is C=NC(=Nc1c(C)oc2ccccc12)C(F)F. The number of hydrogen-bond acceptors (Lipinski definition) is 2. The lowest BCUT2D eigenvalue weighted by Gasteiger charge is -1.97. The average Bonchev–Trinajstić information content (AvgIpc) is 2.61. The summed E-state index contributed by atoms with van der Waals surface area (Å²) in [5, 5.41) is 0.687. The highest BCUT2D eigenvalue weighted by molar-refractivity contribution is 5.97. The highest BCUT2D eigenvalue weighted by Crippen LogP contribution is 2.33. The Hall–Kier alpha value is -2.04. The minimum absolute atomic E-state index is 0.378. The van der Waals surface area contributed by atoms with Gasteiger partial charge < -0.3 is 4.42 Å². The molecule has 0 fully saturated rings. The van der Waals surface area contributed by atoms with Crippen LogP contribution in [-0.4, -0.2) is 19.0 Å². The lowest BCUT2D eigenvalue weighted by Crippen LogP contribution is -2.05. The van der Waals surface area contributed by atoms with Gasteiger partial charge in [0.25, 0.3) is 6.43 Å². The number of hydrogen-bond donors (Lipinski definition) is 0. The Bertz CT molecular complexity index is 587. The Balaban J connectivity index is 2.62. The van der Waals surface area contributed by atoms with E-state index in [1.54, 1.807) is 31.2 Å². The summed E-state index contributed by atoms with van der Waals surface area (Å²) in [6, 6.07) is 7.11. The molecule has 17 heavy (non-hydrogen) atoms. The van der Waals surface area contributed by atoms with Gasteiger partial charge in [0, 0.05) is 5.39 Å². The summed E-state index contributed by atoms with van der Waals surface area (Å²) < 4.78 is 30.5. The van der Waals surface area contributed by atoms with Crippen molar-refractivity contribution in [3.05, 3.63) is 30.0 Å². The Labute approximate surface area is 96.5 Å². The number of aliphatic imine (C=N–C) groups is 2. The maximum absolute atomic E-state index is 12.5. The van der Waals surface area contributed by atoms with E-state index >= 15 is 0 Å². The molecule has 0 amide bonds. The van der Waals surface area contributed by atoms with Crippen molar-refractivity contribution in [1.29, 1.82) is 0 Å². The van der Waals surface area contributed by atoms with Crippen molar-refractivity contribution in [2.45, 2.75) is 13.3 Å². The number of amidine groups is 1. The third-order valence-electron chi connectivity index (χ3n) is 2.32. The second kappa shape index (κ2) is 4.45. The van der Waals surface area contributed by atoms with E-state index in [2.05, 4.69) is 16.7 Å². The summed E-state index contributed by atoms with van der Waals surface area (Å²) in [6.07, 6.45) is -2.75. The molecule has 0 spiro atoms. The average molecular weight is 236 g/mol. The molecule has 0 N–H and O–H groups in total. The number of alkyl halides is 2. The second-order valence-corrected chi connectivity index (χ2v) is 3.43. The first-order chi connectivity index (χ1) is 8.13. The first kappa shape index (κ1) is 11.4. The van der Waals surface area contributed by atoms with E-state index in [0.717, 1.165) is 0 Å². The van der Waals surface area contributed by atoms with Crippen LogP contribution in [0.15, 0.2) is 38.7 Å². The monoisotopic (exact) mass is 236 g/mol. The summed E-state index contributed by atoms with van der Waals surface area (Å²) in [6.45, 7) is 4.75. The molecular formula is C12H10F2N2O. The van der Waals surface area contributed by atoms with Crippen molar-refractivity contribution in [2.75, 3.05) is 0 Å². The fourth-order valence-electron chi connectivity index (χ4n) is 1.56. The van der Waals surface area contributed by atoms with Gasteiger partial charge in [0.05, 0.1) is 0 Å². The fourth-order valence-corrected chi connectivity index (χ4v) is 1.56. The smallest absolute Gasteiger partial charge is 0.297 e. The minimum Gasteiger partial charge on any atom is -0.459 e. The number of nitrogens with zero attached hydrogens (tertiary/aromatic N) is 2. The number of furan rings is 1. The summed E-state index contributed by atoms with van der Waals surface area (Å²) in [4.78, 5) is 7.03. The van der Waals surface area contributed by atoms with Crippen LogP contribution in [0.4, 0.5) is 14.5 Å². The van der Waals surface area contributed by atoms with Crippen LogP contribution < -0.4 is 0 Å². The van der Waals surface area contributed by atoms with Crippen LogP contribution in [0.2, 0.25) is 0 Å². The number of benzene rings is 1. The Morgan fingerprint density at radius 3 is 2.71 bits per heavy atom. The van der Waals surface area contributed by atoms with Crippen molar-refractivity contribution < 1.29 is 13.2 Å². The molecule has 3 nitrogen and oxygen atoms in total. The van der Waals surface area contributed by atoms with E-state index in [-0.39, 0.29) is 0 Å². The molecule has 1 aromatic heterocycles. The second-order valence-electron chi connectivity index (χ2n) is 3.43. The van der Waals surface area contributed by atoms with Crippen molar-refractivity contribution >= 4 is 29.2 Å². The van der Waals surface area contributed by atoms with Gasteiger partial charge in [0.15, 0.2) is 5.84 Å². The van der Waals surface area contributed by atoms with Crippen molar-refractivity contribution in [1.82, 2.24) is 0 Å². The van der Waals surface area contributed by atoms with Crippen LogP contribution in [0, 0.1) is 6.92 Å². The van der Waals surface area contributed by atoms with Gasteiger partial charge in [-0.1, -0.05) is 12.1 Å². The third kappa shape index (κ3) is 2.08. The Morgan fingerprint density at radius 1 is 1.35 bits per heavy atom. The molecule has 1 heterocycles. The molecule has 0 aliphatic rings. The summed E-state index contributed by atoms with van der Waals surface area (Å²) in [5.74, 6) is -0.118. The zero-order valence-corrected chi connectivity index (χ0v) is 9.15. The largest absolute Gasteiger partial charge is 0.459 e. The molecule has 0 atom stereocenters. The van der Waals surface area contributed by atoms with E-state index in [0.29, 0.717) is 22.4 Å². The molecule has 0 radical (unpaired) electrons. The molecule has 5 heteroatoms. The Morgan fingerprint density at radius 2 is 2.06 bits per heavy atom. The molecule has 0 unspecified atom stereocenters. The van der Waals surface area contributed by atoms with Crippen LogP contribution in [0.25, 0.3) is 11.0 Å². The fraction of sp³-hybridized carbons (Fsp3) is 0.167. The summed E-state index contributed by atoms with van der Waals surface area (Å²) in [5.41, 5.74) is 0.990. The highest BCUT2D eigenvalue weighted by Gasteiger charge is 2.15. The van der Waals surface area contributed by atoms with Crippen LogP contribution in [-0.2, 0) is 0 Å². The van der Waals surface area contributed by atoms with Gasteiger partial charge in [0.1, 0.15) is 17.0 Å². The van der Waals surface area contributed by atoms with Crippen LogP contribution in [0.1, 0.15) is 5.76 Å². The predicted molar refractivity (Wildman–Crippen MR) is 63.6 cm³/mol. The lowest BCUT2D eigenvalue weighted by atomic mass is 10.2. The first-order valence-electron chi connectivity index (χ1n) is 4.95. The van der Waals surface area contributed by atoms with Crippen LogP contribution in [0.5, 0.6) is 0 Å². The van der Waals surface area contributed by atoms with Crippen LogP contribution >= 0.6 is 0 Å². The predicted octanol–water partition coefficient (Wildman–Crippen LogP) is 3.74. The molecule has 2 aromatic rings. The van der Waals surface area contributed by atoms with Gasteiger partial charge in [-0.05, 0) is 25.8 Å². The van der Waals surface area contributed by atoms with Gasteiger partial charge in [-0.2, -0.15) is 0 Å². The minimum atomic E-state index is -2.75. The standard InChI is InChI=1S/C12H10F2N2O/c1-7-10(16-12(15-2)11(13)14)8-5-3-4-6-9(8)17-7/h3-6,11H,2H2,1H3. The van der Waals surface area contributed by atoms with Crippen molar-refractivity contribution in [3.63, 3.8) is 0 Å². The molecule has 0 saturated carbocycles. The summed E-state index contributed by atoms with van der Waals surface area (Å²) in [7, 11) is 0. The van der Waals surface area contributed by atoms with E-state index in [4.69, 9.17) is 4.42 Å². The van der Waals surface area contributed by atoms with Gasteiger partial charge in [-0.15, -0.1) is 0 Å². The first-order valence-corrected chi connectivity index (χ1v) is 4.95. The zero-order valence-electron chi connectivity index (χ0n) is 9.15. The van der Waals surface area contributed by atoms with Gasteiger partial charge >= 0.3 is 0 Å². The van der Waals surface area contributed by atoms with E-state index < -0.39 is 12.3 Å². The molecule has 1 aromatic carbocycles. The lowest BCUT2D eigenvalue weighted by molar-refractivity contribution is 0.224. The molecule has 0 bridgehead atoms. The van der Waals surface area contributed by atoms with Gasteiger partial charge in [0.2, 0.25) is 0 Å². The Kier molecular flexibility index (Phi) is 2.99. The molecular weight excluding hydrogens is 226 g/mol. The van der Waals surface area contributed by atoms with Crippen molar-refractivity contribution in [3.8, 4) is 0 Å². The van der Waals surface area contributed by atoms with Crippen LogP contribution in [0.3, 0.4) is 0 Å². The van der Waals surface area contributed by atoms with E-state index in [1.165, 1.54) is 0 Å².